The van der Waals surface area contributed by atoms with Crippen LogP contribution >= 0.6 is 23.8 Å². The van der Waals surface area contributed by atoms with Crippen molar-refractivity contribution in [3.63, 3.8) is 0 Å². The molecule has 0 saturated heterocycles. The third-order valence-corrected chi connectivity index (χ3v) is 4.32. The molecule has 8 heteroatoms. The van der Waals surface area contributed by atoms with Gasteiger partial charge in [0.25, 0.3) is 5.56 Å². The lowest BCUT2D eigenvalue weighted by Gasteiger charge is -2.12. The highest BCUT2D eigenvalue weighted by Gasteiger charge is 2.13. The highest BCUT2D eigenvalue weighted by Crippen LogP contribution is 2.25. The zero-order valence-electron chi connectivity index (χ0n) is 14.3. The van der Waals surface area contributed by atoms with E-state index in [1.807, 2.05) is 6.92 Å². The second kappa shape index (κ2) is 8.20. The highest BCUT2D eigenvalue weighted by atomic mass is 35.5. The number of aromatic nitrogens is 2. The number of ether oxygens (including phenoxy) is 1. The minimum absolute atomic E-state index is 0.0302. The summed E-state index contributed by atoms with van der Waals surface area (Å²) in [6, 6.07) is 13.9. The lowest BCUT2D eigenvalue weighted by atomic mass is 10.2. The van der Waals surface area contributed by atoms with Crippen LogP contribution in [0.5, 0.6) is 11.6 Å². The molecule has 2 aromatic carbocycles. The van der Waals surface area contributed by atoms with E-state index in [0.29, 0.717) is 28.8 Å². The number of para-hydroxylation sites is 1. The van der Waals surface area contributed by atoms with Crippen LogP contribution in [0.15, 0.2) is 58.3 Å². The molecule has 0 radical (unpaired) electrons. The fourth-order valence-corrected chi connectivity index (χ4v) is 2.91. The molecule has 27 heavy (non-hydrogen) atoms. The number of hydrogen-bond acceptors (Lipinski definition) is 5. The molecule has 3 rings (SSSR count). The molecule has 6 nitrogen and oxygen atoms in total. The number of aromatic amines is 1. The van der Waals surface area contributed by atoms with E-state index in [-0.39, 0.29) is 16.2 Å². The van der Waals surface area contributed by atoms with Crippen LogP contribution in [0.1, 0.15) is 12.5 Å². The average Bonchev–Trinajstić information content (AvgIpc) is 2.64. The van der Waals surface area contributed by atoms with Crippen molar-refractivity contribution in [2.24, 2.45) is 4.99 Å². The average molecular weight is 402 g/mol. The number of aliphatic imine (C=N–C) groups is 1. The van der Waals surface area contributed by atoms with E-state index < -0.39 is 5.56 Å². The molecule has 138 valence electrons. The molecule has 2 N–H and O–H groups in total. The van der Waals surface area contributed by atoms with Crippen molar-refractivity contribution in [3.8, 4) is 17.3 Å². The fourth-order valence-electron chi connectivity index (χ4n) is 2.44. The summed E-state index contributed by atoms with van der Waals surface area (Å²) < 4.78 is 6.82. The van der Waals surface area contributed by atoms with Crippen molar-refractivity contribution in [2.75, 3.05) is 6.61 Å². The number of aromatic hydroxyl groups is 1. The Hall–Kier alpha value is -2.90. The van der Waals surface area contributed by atoms with E-state index in [0.717, 1.165) is 0 Å². The van der Waals surface area contributed by atoms with Crippen LogP contribution in [0.3, 0.4) is 0 Å². The number of benzene rings is 2. The molecule has 0 atom stereocenters. The molecule has 0 amide bonds. The third-order valence-electron chi connectivity index (χ3n) is 3.71. The van der Waals surface area contributed by atoms with Gasteiger partial charge in [-0.1, -0.05) is 23.7 Å². The minimum atomic E-state index is -0.546. The lowest BCUT2D eigenvalue weighted by molar-refractivity contribution is 0.340. The predicted molar refractivity (Wildman–Crippen MR) is 109 cm³/mol. The lowest BCUT2D eigenvalue weighted by Crippen LogP contribution is -2.18. The van der Waals surface area contributed by atoms with Gasteiger partial charge in [0.05, 0.1) is 23.0 Å². The highest BCUT2D eigenvalue weighted by molar-refractivity contribution is 7.71. The summed E-state index contributed by atoms with van der Waals surface area (Å²) in [6.45, 7) is 2.44. The van der Waals surface area contributed by atoms with Gasteiger partial charge in [-0.05, 0) is 55.5 Å². The van der Waals surface area contributed by atoms with Gasteiger partial charge in [-0.3, -0.25) is 19.3 Å². The molecule has 0 saturated carbocycles. The van der Waals surface area contributed by atoms with Gasteiger partial charge in [0, 0.05) is 6.21 Å². The van der Waals surface area contributed by atoms with Gasteiger partial charge in [0.1, 0.15) is 11.3 Å². The first-order valence-corrected chi connectivity index (χ1v) is 8.90. The first kappa shape index (κ1) is 18.9. The van der Waals surface area contributed by atoms with Crippen molar-refractivity contribution in [3.05, 3.63) is 74.2 Å². The minimum Gasteiger partial charge on any atom is -0.494 e. The third kappa shape index (κ3) is 4.10. The van der Waals surface area contributed by atoms with E-state index in [1.165, 1.54) is 10.8 Å². The van der Waals surface area contributed by atoms with Gasteiger partial charge >= 0.3 is 0 Å². The second-order valence-corrected chi connectivity index (χ2v) is 6.26. The molecule has 0 aliphatic carbocycles. The van der Waals surface area contributed by atoms with Crippen molar-refractivity contribution in [2.45, 2.75) is 6.92 Å². The van der Waals surface area contributed by atoms with Crippen LogP contribution in [0, 0.1) is 4.77 Å². The number of hydrogen-bond donors (Lipinski definition) is 2. The zero-order chi connectivity index (χ0) is 19.4. The smallest absolute Gasteiger partial charge is 0.264 e. The Morgan fingerprint density at radius 1 is 1.26 bits per heavy atom. The van der Waals surface area contributed by atoms with Crippen molar-refractivity contribution >= 4 is 35.7 Å². The van der Waals surface area contributed by atoms with Gasteiger partial charge in [-0.25, -0.2) is 0 Å². The molecule has 1 aromatic heterocycles. The zero-order valence-corrected chi connectivity index (χ0v) is 15.9. The molecule has 0 unspecified atom stereocenters. The Bertz CT molecular complexity index is 1100. The SMILES string of the molecule is CCOc1ccc(-n2c(O)c(C=Nc3ccccc3Cl)c(=O)[nH]c2=S)cc1. The van der Waals surface area contributed by atoms with E-state index in [9.17, 15) is 9.90 Å². The molecule has 0 fully saturated rings. The number of halogens is 1. The molecule has 0 spiro atoms. The Morgan fingerprint density at radius 2 is 1.96 bits per heavy atom. The molecule has 0 bridgehead atoms. The standard InChI is InChI=1S/C19H16ClN3O3S/c1-2-26-13-9-7-12(8-10-13)23-18(25)14(17(24)22-19(23)27)11-21-16-6-4-3-5-15(16)20/h3-11,25H,2H2,1H3,(H,22,24,27). The predicted octanol–water partition coefficient (Wildman–Crippen LogP) is 4.40. The van der Waals surface area contributed by atoms with Gasteiger partial charge in [0.2, 0.25) is 5.88 Å². The van der Waals surface area contributed by atoms with Crippen molar-refractivity contribution in [1.82, 2.24) is 9.55 Å². The maximum absolute atomic E-state index is 12.3. The maximum atomic E-state index is 12.3. The first-order valence-electron chi connectivity index (χ1n) is 8.11. The van der Waals surface area contributed by atoms with Crippen LogP contribution in [0.2, 0.25) is 5.02 Å². The summed E-state index contributed by atoms with van der Waals surface area (Å²) in [5.74, 6) is 0.376. The second-order valence-electron chi connectivity index (χ2n) is 5.47. The number of H-pyrrole nitrogens is 1. The largest absolute Gasteiger partial charge is 0.494 e. The fraction of sp³-hybridized carbons (Fsp3) is 0.105. The van der Waals surface area contributed by atoms with Crippen molar-refractivity contribution in [1.29, 1.82) is 0 Å². The number of rotatable bonds is 5. The van der Waals surface area contributed by atoms with Gasteiger partial charge < -0.3 is 9.84 Å². The Kier molecular flexibility index (Phi) is 5.73. The van der Waals surface area contributed by atoms with Gasteiger partial charge in [0.15, 0.2) is 4.77 Å². The molecule has 3 aromatic rings. The van der Waals surface area contributed by atoms with E-state index in [4.69, 9.17) is 28.6 Å². The molecule has 0 aliphatic heterocycles. The topological polar surface area (TPSA) is 79.6 Å². The number of nitrogens with one attached hydrogen (secondary N) is 1. The Morgan fingerprint density at radius 3 is 2.63 bits per heavy atom. The van der Waals surface area contributed by atoms with E-state index in [2.05, 4.69) is 9.98 Å². The number of nitrogens with zero attached hydrogens (tertiary/aromatic N) is 2. The summed E-state index contributed by atoms with van der Waals surface area (Å²) in [5.41, 5.74) is 0.477. The monoisotopic (exact) mass is 401 g/mol. The van der Waals surface area contributed by atoms with Crippen LogP contribution in [0.25, 0.3) is 5.69 Å². The van der Waals surface area contributed by atoms with Crippen LogP contribution in [-0.4, -0.2) is 27.5 Å². The molecule has 1 heterocycles. The van der Waals surface area contributed by atoms with Crippen LogP contribution in [-0.2, 0) is 0 Å². The normalized spacial score (nSPS) is 11.0. The summed E-state index contributed by atoms with van der Waals surface area (Å²) in [4.78, 5) is 19.0. The van der Waals surface area contributed by atoms with Gasteiger partial charge in [-0.15, -0.1) is 0 Å². The van der Waals surface area contributed by atoms with Crippen LogP contribution in [0.4, 0.5) is 5.69 Å². The van der Waals surface area contributed by atoms with Crippen molar-refractivity contribution < 1.29 is 9.84 Å². The Labute approximate surface area is 165 Å². The van der Waals surface area contributed by atoms with E-state index >= 15 is 0 Å². The molecular formula is C19H16ClN3O3S. The first-order chi connectivity index (χ1) is 13.0. The van der Waals surface area contributed by atoms with E-state index in [1.54, 1.807) is 48.5 Å². The van der Waals surface area contributed by atoms with Crippen LogP contribution < -0.4 is 10.3 Å². The molecular weight excluding hydrogens is 386 g/mol. The summed E-state index contributed by atoms with van der Waals surface area (Å²) in [7, 11) is 0. The Balaban J connectivity index is 2.07. The summed E-state index contributed by atoms with van der Waals surface area (Å²) >= 11 is 11.3. The molecule has 0 aliphatic rings. The summed E-state index contributed by atoms with van der Waals surface area (Å²) in [6.07, 6.45) is 1.26. The summed E-state index contributed by atoms with van der Waals surface area (Å²) in [5, 5.41) is 11.1. The quantitative estimate of drug-likeness (QED) is 0.490. The maximum Gasteiger partial charge on any atom is 0.264 e. The van der Waals surface area contributed by atoms with Gasteiger partial charge in [-0.2, -0.15) is 0 Å².